The van der Waals surface area contributed by atoms with Gasteiger partial charge in [-0.1, -0.05) is 32.9 Å². The Morgan fingerprint density at radius 2 is 1.95 bits per heavy atom. The molecule has 0 spiro atoms. The molecule has 0 bridgehead atoms. The molecule has 0 heterocycles. The first-order valence-corrected chi connectivity index (χ1v) is 8.30. The van der Waals surface area contributed by atoms with Gasteiger partial charge in [-0.15, -0.1) is 0 Å². The molecule has 1 aromatic carbocycles. The van der Waals surface area contributed by atoms with Crippen molar-refractivity contribution >= 4 is 16.1 Å². The van der Waals surface area contributed by atoms with Crippen molar-refractivity contribution in [3.05, 3.63) is 35.6 Å². The largest absolute Gasteiger partial charge is 0.303 e. The summed E-state index contributed by atoms with van der Waals surface area (Å²) in [5, 5.41) is 0. The topological polar surface area (TPSA) is 66.5 Å². The summed E-state index contributed by atoms with van der Waals surface area (Å²) < 4.78 is 40.2. The molecule has 0 saturated carbocycles. The maximum Gasteiger partial charge on any atom is 0.303 e. The molecule has 1 aromatic rings. The zero-order valence-corrected chi connectivity index (χ0v) is 13.3. The van der Waals surface area contributed by atoms with E-state index in [2.05, 4.69) is 0 Å². The first-order valence-electron chi connectivity index (χ1n) is 6.86. The molecule has 0 aliphatic heterocycles. The molecule has 1 atom stereocenters. The highest BCUT2D eigenvalue weighted by atomic mass is 32.2. The fraction of sp³-hybridized carbons (Fsp3) is 0.500. The molecule has 0 aliphatic carbocycles. The summed E-state index contributed by atoms with van der Waals surface area (Å²) >= 11 is 0. The lowest BCUT2D eigenvalue weighted by Gasteiger charge is -2.19. The van der Waals surface area contributed by atoms with Crippen LogP contribution in [0.1, 0.15) is 38.7 Å². The second-order valence-electron chi connectivity index (χ2n) is 4.77. The van der Waals surface area contributed by atoms with Crippen LogP contribution in [0.25, 0.3) is 0 Å². The van der Waals surface area contributed by atoms with Crippen molar-refractivity contribution in [1.82, 2.24) is 9.03 Å². The monoisotopic (exact) mass is 316 g/mol. The summed E-state index contributed by atoms with van der Waals surface area (Å²) in [5.74, 6) is -1.25. The van der Waals surface area contributed by atoms with Gasteiger partial charge in [0.1, 0.15) is 5.82 Å². The van der Waals surface area contributed by atoms with E-state index in [1.807, 2.05) is 4.72 Å². The highest BCUT2D eigenvalue weighted by Gasteiger charge is 2.22. The number of amides is 1. The van der Waals surface area contributed by atoms with Crippen LogP contribution in [0.4, 0.5) is 4.39 Å². The molecule has 118 valence electrons. The molecule has 21 heavy (non-hydrogen) atoms. The number of rotatable bonds is 7. The van der Waals surface area contributed by atoms with Crippen LogP contribution in [0, 0.1) is 5.82 Å². The highest BCUT2D eigenvalue weighted by molar-refractivity contribution is 7.87. The minimum absolute atomic E-state index is 0.0239. The van der Waals surface area contributed by atoms with Crippen LogP contribution in [-0.4, -0.2) is 31.7 Å². The first-order chi connectivity index (χ1) is 9.80. The number of benzene rings is 1. The Kier molecular flexibility index (Phi) is 6.29. The van der Waals surface area contributed by atoms with Crippen LogP contribution >= 0.6 is 0 Å². The average Bonchev–Trinajstić information content (AvgIpc) is 2.38. The zero-order valence-electron chi connectivity index (χ0n) is 12.5. The second kappa shape index (κ2) is 7.51. The van der Waals surface area contributed by atoms with Gasteiger partial charge in [0.05, 0.1) is 0 Å². The summed E-state index contributed by atoms with van der Waals surface area (Å²) in [6, 6.07) is 5.93. The molecule has 0 aromatic heterocycles. The predicted molar refractivity (Wildman–Crippen MR) is 79.4 cm³/mol. The van der Waals surface area contributed by atoms with Crippen molar-refractivity contribution in [2.45, 2.75) is 33.1 Å². The van der Waals surface area contributed by atoms with E-state index >= 15 is 0 Å². The van der Waals surface area contributed by atoms with E-state index in [-0.39, 0.29) is 18.2 Å². The number of halogens is 1. The highest BCUT2D eigenvalue weighted by Crippen LogP contribution is 2.19. The van der Waals surface area contributed by atoms with E-state index < -0.39 is 16.1 Å². The Bertz CT molecular complexity index is 586. The van der Waals surface area contributed by atoms with Crippen LogP contribution in [0.15, 0.2) is 24.3 Å². The molecule has 0 radical (unpaired) electrons. The molecule has 0 aliphatic rings. The standard InChI is InChI=1S/C14H21FN2O3S/c1-4-17(5-2)21(19,20)16-14(18)9-11(3)12-7-6-8-13(15)10-12/h6-8,10-11H,4-5,9H2,1-3H3,(H,16,18)/t11-/m0/s1. The molecule has 0 unspecified atom stereocenters. The quantitative estimate of drug-likeness (QED) is 0.837. The molecular weight excluding hydrogens is 295 g/mol. The van der Waals surface area contributed by atoms with Crippen LogP contribution in [0.3, 0.4) is 0 Å². The molecule has 5 nitrogen and oxygen atoms in total. The first kappa shape index (κ1) is 17.6. The third-order valence-electron chi connectivity index (χ3n) is 3.20. The molecule has 7 heteroatoms. The minimum atomic E-state index is -3.80. The molecular formula is C14H21FN2O3S. The number of carbonyl (C=O) groups is 1. The van der Waals surface area contributed by atoms with E-state index in [9.17, 15) is 17.6 Å². The predicted octanol–water partition coefficient (Wildman–Crippen LogP) is 2.02. The van der Waals surface area contributed by atoms with Gasteiger partial charge in [0.25, 0.3) is 0 Å². The Morgan fingerprint density at radius 1 is 1.33 bits per heavy atom. The Hall–Kier alpha value is -1.47. The fourth-order valence-electron chi connectivity index (χ4n) is 2.02. The number of nitrogens with zero attached hydrogens (tertiary/aromatic N) is 1. The third kappa shape index (κ3) is 5.09. The SMILES string of the molecule is CCN(CC)S(=O)(=O)NC(=O)C[C@H](C)c1cccc(F)c1. The Labute approximate surface area is 125 Å². The Balaban J connectivity index is 2.69. The van der Waals surface area contributed by atoms with Crippen molar-refractivity contribution in [1.29, 1.82) is 0 Å². The van der Waals surface area contributed by atoms with Crippen LogP contribution < -0.4 is 4.72 Å². The normalized spacial score (nSPS) is 13.2. The van der Waals surface area contributed by atoms with Gasteiger partial charge in [0.15, 0.2) is 0 Å². The number of carbonyl (C=O) groups excluding carboxylic acids is 1. The lowest BCUT2D eigenvalue weighted by atomic mass is 9.98. The van der Waals surface area contributed by atoms with E-state index in [0.717, 1.165) is 4.31 Å². The molecule has 0 fully saturated rings. The van der Waals surface area contributed by atoms with Crippen LogP contribution in [0.2, 0.25) is 0 Å². The molecule has 0 saturated heterocycles. The molecule has 1 amide bonds. The second-order valence-corrected chi connectivity index (χ2v) is 6.45. The van der Waals surface area contributed by atoms with E-state index in [0.29, 0.717) is 18.7 Å². The number of nitrogens with one attached hydrogen (secondary N) is 1. The van der Waals surface area contributed by atoms with Gasteiger partial charge in [0.2, 0.25) is 5.91 Å². The van der Waals surface area contributed by atoms with E-state index in [1.165, 1.54) is 12.1 Å². The van der Waals surface area contributed by atoms with Crippen molar-refractivity contribution in [2.75, 3.05) is 13.1 Å². The fourth-order valence-corrected chi connectivity index (χ4v) is 3.20. The molecule has 1 N–H and O–H groups in total. The van der Waals surface area contributed by atoms with Crippen LogP contribution in [-0.2, 0) is 15.0 Å². The van der Waals surface area contributed by atoms with Crippen molar-refractivity contribution in [3.8, 4) is 0 Å². The van der Waals surface area contributed by atoms with Crippen molar-refractivity contribution < 1.29 is 17.6 Å². The average molecular weight is 316 g/mol. The van der Waals surface area contributed by atoms with Gasteiger partial charge in [-0.05, 0) is 23.6 Å². The lowest BCUT2D eigenvalue weighted by molar-refractivity contribution is -0.119. The summed E-state index contributed by atoms with van der Waals surface area (Å²) in [6.07, 6.45) is -0.0239. The number of hydrogen-bond donors (Lipinski definition) is 1. The van der Waals surface area contributed by atoms with Gasteiger partial charge in [-0.2, -0.15) is 12.7 Å². The Morgan fingerprint density at radius 3 is 2.48 bits per heavy atom. The summed E-state index contributed by atoms with van der Waals surface area (Å²) in [5.41, 5.74) is 0.658. The maximum absolute atomic E-state index is 13.1. The smallest absolute Gasteiger partial charge is 0.274 e. The van der Waals surface area contributed by atoms with Crippen molar-refractivity contribution in [3.63, 3.8) is 0 Å². The van der Waals surface area contributed by atoms with Gasteiger partial charge in [-0.3, -0.25) is 4.79 Å². The van der Waals surface area contributed by atoms with Gasteiger partial charge < -0.3 is 0 Å². The molecule has 1 rings (SSSR count). The van der Waals surface area contributed by atoms with Gasteiger partial charge in [-0.25, -0.2) is 9.11 Å². The summed E-state index contributed by atoms with van der Waals surface area (Å²) in [6.45, 7) is 5.72. The lowest BCUT2D eigenvalue weighted by Crippen LogP contribution is -2.43. The van der Waals surface area contributed by atoms with Gasteiger partial charge in [0, 0.05) is 19.5 Å². The van der Waals surface area contributed by atoms with E-state index in [4.69, 9.17) is 0 Å². The minimum Gasteiger partial charge on any atom is -0.274 e. The summed E-state index contributed by atoms with van der Waals surface area (Å²) in [4.78, 5) is 11.9. The van der Waals surface area contributed by atoms with Crippen LogP contribution in [0.5, 0.6) is 0 Å². The summed E-state index contributed by atoms with van der Waals surface area (Å²) in [7, 11) is -3.80. The van der Waals surface area contributed by atoms with Gasteiger partial charge >= 0.3 is 10.2 Å². The third-order valence-corrected chi connectivity index (χ3v) is 4.88. The zero-order chi connectivity index (χ0) is 16.0. The number of hydrogen-bond acceptors (Lipinski definition) is 3. The van der Waals surface area contributed by atoms with Crippen molar-refractivity contribution in [2.24, 2.45) is 0 Å². The maximum atomic E-state index is 13.1. The van der Waals surface area contributed by atoms with E-state index in [1.54, 1.807) is 32.9 Å².